The van der Waals surface area contributed by atoms with Crippen molar-refractivity contribution < 1.29 is 22.9 Å². The molecule has 1 saturated heterocycles. The molecule has 0 spiro atoms. The minimum Gasteiger partial charge on any atom is -0.379 e. The molecule has 0 aromatic heterocycles. The number of likely N-dealkylation sites (N-methyl/N-ethyl adjacent to an activating group) is 1. The molecule has 0 unspecified atom stereocenters. The molecule has 8 nitrogen and oxygen atoms in total. The predicted molar refractivity (Wildman–Crippen MR) is 121 cm³/mol. The monoisotopic (exact) mass is 485 g/mol. The first-order valence-electron chi connectivity index (χ1n) is 10.2. The number of nitrogens with one attached hydrogen (secondary N) is 2. The van der Waals surface area contributed by atoms with E-state index in [-0.39, 0.29) is 24.6 Å². The molecule has 33 heavy (non-hydrogen) atoms. The lowest BCUT2D eigenvalue weighted by Gasteiger charge is -2.35. The first kappa shape index (κ1) is 24.6. The van der Waals surface area contributed by atoms with Crippen LogP contribution in [0.4, 0.5) is 35.9 Å². The van der Waals surface area contributed by atoms with E-state index in [0.29, 0.717) is 16.8 Å². The fraction of sp³-hybridized carbons (Fsp3) is 0.381. The van der Waals surface area contributed by atoms with Crippen LogP contribution in [0.5, 0.6) is 0 Å². The Kier molecular flexibility index (Phi) is 7.65. The maximum atomic E-state index is 12.8. The molecule has 12 heteroatoms. The number of alkyl halides is 3. The van der Waals surface area contributed by atoms with Gasteiger partial charge >= 0.3 is 6.18 Å². The smallest absolute Gasteiger partial charge is 0.379 e. The summed E-state index contributed by atoms with van der Waals surface area (Å²) in [4.78, 5) is 27.1. The number of nitro benzene ring substituents is 1. The number of anilines is 3. The van der Waals surface area contributed by atoms with E-state index in [2.05, 4.69) is 20.4 Å². The van der Waals surface area contributed by atoms with Gasteiger partial charge in [0.05, 0.1) is 21.9 Å². The number of hydrogen-bond donors (Lipinski definition) is 2. The minimum absolute atomic E-state index is 0.0115. The summed E-state index contributed by atoms with van der Waals surface area (Å²) in [6, 6.07) is 7.45. The van der Waals surface area contributed by atoms with Crippen molar-refractivity contribution in [1.29, 1.82) is 0 Å². The van der Waals surface area contributed by atoms with Gasteiger partial charge in [0.2, 0.25) is 5.91 Å². The van der Waals surface area contributed by atoms with E-state index in [1.165, 1.54) is 0 Å². The molecule has 1 aliphatic heterocycles. The van der Waals surface area contributed by atoms with Crippen molar-refractivity contribution in [2.24, 2.45) is 0 Å². The van der Waals surface area contributed by atoms with Gasteiger partial charge in [0.1, 0.15) is 5.69 Å². The molecule has 1 amide bonds. The van der Waals surface area contributed by atoms with Gasteiger partial charge in [0.15, 0.2) is 0 Å². The third-order valence-corrected chi connectivity index (χ3v) is 5.50. The molecule has 3 rings (SSSR count). The summed E-state index contributed by atoms with van der Waals surface area (Å²) in [6.45, 7) is 3.33. The Labute approximate surface area is 193 Å². The van der Waals surface area contributed by atoms with Gasteiger partial charge in [-0.25, -0.2) is 0 Å². The number of benzene rings is 2. The standard InChI is InChI=1S/C21H23ClF3N5O3/c1-28-8-10-29(11-9-28)18-5-3-15(22)13-17(18)27-20(31)6-7-26-16-4-2-14(21(23,24)25)12-19(16)30(32)33/h2-5,12-13,26H,6-11H2,1H3,(H,27,31). The summed E-state index contributed by atoms with van der Waals surface area (Å²) in [5.41, 5.74) is -0.529. The molecule has 1 fully saturated rings. The zero-order valence-corrected chi connectivity index (χ0v) is 18.5. The minimum atomic E-state index is -4.69. The Morgan fingerprint density at radius 2 is 1.82 bits per heavy atom. The van der Waals surface area contributed by atoms with E-state index < -0.39 is 22.4 Å². The zero-order valence-electron chi connectivity index (χ0n) is 17.8. The molecule has 178 valence electrons. The lowest BCUT2D eigenvalue weighted by atomic mass is 10.1. The van der Waals surface area contributed by atoms with Crippen LogP contribution in [-0.2, 0) is 11.0 Å². The van der Waals surface area contributed by atoms with Crippen molar-refractivity contribution >= 4 is 40.3 Å². The SMILES string of the molecule is CN1CCN(c2ccc(Cl)cc2NC(=O)CCNc2ccc(C(F)(F)F)cc2[N+](=O)[O-])CC1. The number of piperazine rings is 1. The zero-order chi connectivity index (χ0) is 24.2. The van der Waals surface area contributed by atoms with Crippen molar-refractivity contribution in [3.05, 3.63) is 57.1 Å². The summed E-state index contributed by atoms with van der Waals surface area (Å²) in [7, 11) is 2.04. The average molecular weight is 486 g/mol. The summed E-state index contributed by atoms with van der Waals surface area (Å²) in [6.07, 6.45) is -4.76. The van der Waals surface area contributed by atoms with Gasteiger partial charge in [-0.1, -0.05) is 11.6 Å². The van der Waals surface area contributed by atoms with Gasteiger partial charge in [-0.2, -0.15) is 13.2 Å². The van der Waals surface area contributed by atoms with Crippen LogP contribution < -0.4 is 15.5 Å². The molecule has 0 bridgehead atoms. The molecule has 2 aromatic rings. The first-order chi connectivity index (χ1) is 15.5. The Hall–Kier alpha value is -3.05. The van der Waals surface area contributed by atoms with E-state index in [4.69, 9.17) is 11.6 Å². The lowest BCUT2D eigenvalue weighted by molar-refractivity contribution is -0.384. The van der Waals surface area contributed by atoms with Crippen LogP contribution in [0, 0.1) is 10.1 Å². The molecule has 1 heterocycles. The quantitative estimate of drug-likeness (QED) is 0.444. The summed E-state index contributed by atoms with van der Waals surface area (Å²) < 4.78 is 38.5. The average Bonchev–Trinajstić information content (AvgIpc) is 2.74. The predicted octanol–water partition coefficient (Wildman–Crippen LogP) is 4.46. The van der Waals surface area contributed by atoms with Crippen LogP contribution in [0.1, 0.15) is 12.0 Å². The van der Waals surface area contributed by atoms with Gasteiger partial charge in [0.25, 0.3) is 5.69 Å². The number of nitro groups is 1. The Bertz CT molecular complexity index is 1030. The summed E-state index contributed by atoms with van der Waals surface area (Å²) >= 11 is 6.10. The van der Waals surface area contributed by atoms with Crippen molar-refractivity contribution in [2.45, 2.75) is 12.6 Å². The van der Waals surface area contributed by atoms with Gasteiger partial charge < -0.3 is 20.4 Å². The number of carbonyl (C=O) groups is 1. The highest BCUT2D eigenvalue weighted by Crippen LogP contribution is 2.35. The summed E-state index contributed by atoms with van der Waals surface area (Å²) in [5.74, 6) is -0.366. The molecule has 2 aromatic carbocycles. The van der Waals surface area contributed by atoms with E-state index in [9.17, 15) is 28.1 Å². The number of nitrogens with zero attached hydrogens (tertiary/aromatic N) is 3. The van der Waals surface area contributed by atoms with Crippen molar-refractivity contribution in [1.82, 2.24) is 4.90 Å². The second-order valence-electron chi connectivity index (χ2n) is 7.66. The highest BCUT2D eigenvalue weighted by molar-refractivity contribution is 6.31. The highest BCUT2D eigenvalue weighted by Gasteiger charge is 2.33. The molecule has 2 N–H and O–H groups in total. The number of hydrogen-bond acceptors (Lipinski definition) is 6. The molecular weight excluding hydrogens is 463 g/mol. The van der Waals surface area contributed by atoms with Crippen LogP contribution in [0.15, 0.2) is 36.4 Å². The summed E-state index contributed by atoms with van der Waals surface area (Å²) in [5, 5.41) is 17.1. The maximum absolute atomic E-state index is 12.8. The second kappa shape index (κ2) is 10.3. The van der Waals surface area contributed by atoms with Crippen LogP contribution in [0.25, 0.3) is 0 Å². The highest BCUT2D eigenvalue weighted by atomic mass is 35.5. The van der Waals surface area contributed by atoms with Gasteiger partial charge in [-0.15, -0.1) is 0 Å². The number of carbonyl (C=O) groups excluding carboxylic acids is 1. The molecule has 1 aliphatic rings. The Morgan fingerprint density at radius 1 is 1.12 bits per heavy atom. The van der Waals surface area contributed by atoms with Crippen molar-refractivity contribution in [3.8, 4) is 0 Å². The molecule has 0 saturated carbocycles. The third-order valence-electron chi connectivity index (χ3n) is 5.27. The maximum Gasteiger partial charge on any atom is 0.416 e. The molecular formula is C21H23ClF3N5O3. The lowest BCUT2D eigenvalue weighted by Crippen LogP contribution is -2.44. The topological polar surface area (TPSA) is 90.8 Å². The van der Waals surface area contributed by atoms with Gasteiger partial charge in [-0.3, -0.25) is 14.9 Å². The largest absolute Gasteiger partial charge is 0.416 e. The number of amides is 1. The van der Waals surface area contributed by atoms with Crippen LogP contribution in [0.3, 0.4) is 0 Å². The van der Waals surface area contributed by atoms with Gasteiger partial charge in [-0.05, 0) is 37.4 Å². The van der Waals surface area contributed by atoms with Crippen LogP contribution in [0.2, 0.25) is 5.02 Å². The van der Waals surface area contributed by atoms with E-state index >= 15 is 0 Å². The van der Waals surface area contributed by atoms with Gasteiger partial charge in [0, 0.05) is 50.2 Å². The fourth-order valence-corrected chi connectivity index (χ4v) is 3.64. The normalized spacial score (nSPS) is 14.8. The van der Waals surface area contributed by atoms with Crippen LogP contribution >= 0.6 is 11.6 Å². The van der Waals surface area contributed by atoms with E-state index in [1.54, 1.807) is 12.1 Å². The number of rotatable bonds is 7. The molecule has 0 atom stereocenters. The third kappa shape index (κ3) is 6.48. The van der Waals surface area contributed by atoms with E-state index in [0.717, 1.165) is 44.0 Å². The Balaban J connectivity index is 1.64. The van der Waals surface area contributed by atoms with Crippen molar-refractivity contribution in [2.75, 3.05) is 55.3 Å². The first-order valence-corrected chi connectivity index (χ1v) is 10.5. The van der Waals surface area contributed by atoms with E-state index in [1.807, 2.05) is 13.1 Å². The fourth-order valence-electron chi connectivity index (χ4n) is 3.46. The van der Waals surface area contributed by atoms with Crippen molar-refractivity contribution in [3.63, 3.8) is 0 Å². The Morgan fingerprint density at radius 3 is 2.45 bits per heavy atom. The van der Waals surface area contributed by atoms with Crippen LogP contribution in [-0.4, -0.2) is 55.5 Å². The molecule has 0 radical (unpaired) electrons. The second-order valence-corrected chi connectivity index (χ2v) is 8.10. The number of halogens is 4. The molecule has 0 aliphatic carbocycles.